The molecule has 2 fully saturated rings. The van der Waals surface area contributed by atoms with Crippen molar-refractivity contribution in [1.82, 2.24) is 4.90 Å². The number of aryl methyl sites for hydroxylation is 1. The van der Waals surface area contributed by atoms with Crippen LogP contribution < -0.4 is 5.73 Å². The lowest BCUT2D eigenvalue weighted by Crippen LogP contribution is -2.46. The number of carbonyl (C=O) groups excluding carboxylic acids is 1. The Labute approximate surface area is 242 Å². The van der Waals surface area contributed by atoms with Gasteiger partial charge in [-0.3, -0.25) is 4.99 Å². The van der Waals surface area contributed by atoms with Crippen LogP contribution >= 0.6 is 0 Å². The third kappa shape index (κ3) is 6.59. The number of nitrogens with zero attached hydrogens (tertiary/aromatic N) is 3. The molecule has 1 aliphatic carbocycles. The van der Waals surface area contributed by atoms with Gasteiger partial charge in [0.25, 0.3) is 0 Å². The van der Waals surface area contributed by atoms with Gasteiger partial charge in [-0.05, 0) is 64.0 Å². The van der Waals surface area contributed by atoms with Gasteiger partial charge in [-0.15, -0.1) is 0 Å². The van der Waals surface area contributed by atoms with Crippen LogP contribution in [-0.4, -0.2) is 60.8 Å². The van der Waals surface area contributed by atoms with Crippen molar-refractivity contribution in [3.05, 3.63) is 57.7 Å². The molecule has 8 nitrogen and oxygen atoms in total. The summed E-state index contributed by atoms with van der Waals surface area (Å²) in [6, 6.07) is 7.13. The lowest BCUT2D eigenvalue weighted by Gasteiger charge is -2.42. The predicted molar refractivity (Wildman–Crippen MR) is 156 cm³/mol. The van der Waals surface area contributed by atoms with Gasteiger partial charge < -0.3 is 25.2 Å². The Morgan fingerprint density at radius 3 is 2.54 bits per heavy atom. The molecule has 3 N–H and O–H groups in total. The van der Waals surface area contributed by atoms with E-state index in [0.29, 0.717) is 61.8 Å². The summed E-state index contributed by atoms with van der Waals surface area (Å²) < 4.78 is 26.7. The second-order valence-electron chi connectivity index (χ2n) is 12.1. The minimum absolute atomic E-state index is 0.0293. The summed E-state index contributed by atoms with van der Waals surface area (Å²) in [6.07, 6.45) is 5.20. The Balaban J connectivity index is 1.58. The molecule has 0 aromatic heterocycles. The predicted octanol–water partition coefficient (Wildman–Crippen LogP) is 5.23. The van der Waals surface area contributed by atoms with E-state index in [9.17, 15) is 19.6 Å². The molecule has 1 aromatic carbocycles. The van der Waals surface area contributed by atoms with Gasteiger partial charge in [0.15, 0.2) is 0 Å². The molecular formula is C32H43FN4O4. The number of nitriles is 1. The average Bonchev–Trinajstić information content (AvgIpc) is 3.49. The highest BCUT2D eigenvalue weighted by molar-refractivity contribution is 6.01. The van der Waals surface area contributed by atoms with Gasteiger partial charge in [0.2, 0.25) is 0 Å². The van der Waals surface area contributed by atoms with Crippen LogP contribution in [0.25, 0.3) is 0 Å². The topological polar surface area (TPSA) is 121 Å². The van der Waals surface area contributed by atoms with E-state index in [4.69, 9.17) is 15.2 Å². The van der Waals surface area contributed by atoms with Crippen molar-refractivity contribution in [2.45, 2.75) is 83.2 Å². The zero-order valence-corrected chi connectivity index (χ0v) is 24.8. The molecule has 1 saturated heterocycles. The van der Waals surface area contributed by atoms with Gasteiger partial charge in [0.05, 0.1) is 30.3 Å². The number of aliphatic hydroxyl groups excluding tert-OH is 1. The van der Waals surface area contributed by atoms with Crippen LogP contribution in [0.4, 0.5) is 4.39 Å². The molecule has 0 bridgehead atoms. The van der Waals surface area contributed by atoms with Gasteiger partial charge in [-0.1, -0.05) is 25.0 Å². The van der Waals surface area contributed by atoms with Crippen molar-refractivity contribution in [3.8, 4) is 6.07 Å². The lowest BCUT2D eigenvalue weighted by molar-refractivity contribution is -0.167. The molecule has 1 aromatic rings. The van der Waals surface area contributed by atoms with Crippen molar-refractivity contribution in [2.75, 3.05) is 33.4 Å². The summed E-state index contributed by atoms with van der Waals surface area (Å²) in [4.78, 5) is 20.2. The zero-order valence-electron chi connectivity index (χ0n) is 24.8. The molecule has 4 rings (SSSR count). The van der Waals surface area contributed by atoms with Crippen LogP contribution in [-0.2, 0) is 26.1 Å². The Morgan fingerprint density at radius 1 is 1.29 bits per heavy atom. The normalized spacial score (nSPS) is 23.4. The first-order valence-electron chi connectivity index (χ1n) is 14.6. The Bertz CT molecular complexity index is 1280. The molecule has 1 unspecified atom stereocenters. The van der Waals surface area contributed by atoms with Crippen LogP contribution in [0.3, 0.4) is 0 Å². The van der Waals surface area contributed by atoms with E-state index in [1.54, 1.807) is 33.9 Å². The molecule has 41 heavy (non-hydrogen) atoms. The second-order valence-corrected chi connectivity index (χ2v) is 12.1. The number of rotatable bonds is 8. The maximum Gasteiger partial charge on any atom is 0.338 e. The number of hydrogen-bond acceptors (Lipinski definition) is 7. The van der Waals surface area contributed by atoms with E-state index in [0.717, 1.165) is 31.2 Å². The monoisotopic (exact) mass is 566 g/mol. The Hall–Kier alpha value is -3.38. The smallest absolute Gasteiger partial charge is 0.338 e. The SMILES string of the molecule is CN=C(C(CC1=C(O)CC(CCc2ccc(C(C)(C)C#N)c(F)c2)(C2CCCC2)OC1=O)=C(C)N)N1CCOCC1. The van der Waals surface area contributed by atoms with Crippen molar-refractivity contribution in [1.29, 1.82) is 5.26 Å². The molecule has 3 aliphatic rings. The number of morpholine rings is 1. The second kappa shape index (κ2) is 12.6. The molecular weight excluding hydrogens is 523 g/mol. The van der Waals surface area contributed by atoms with E-state index in [-0.39, 0.29) is 30.1 Å². The first-order chi connectivity index (χ1) is 19.5. The van der Waals surface area contributed by atoms with Crippen LogP contribution in [0.2, 0.25) is 0 Å². The third-order valence-corrected chi connectivity index (χ3v) is 8.90. The molecule has 0 amide bonds. The number of aliphatic imine (C=N–C) groups is 1. The number of aliphatic hydroxyl groups is 1. The third-order valence-electron chi connectivity index (χ3n) is 8.90. The first-order valence-corrected chi connectivity index (χ1v) is 14.6. The number of hydrogen-bond donors (Lipinski definition) is 2. The fraction of sp³-hybridized carbons (Fsp3) is 0.594. The molecule has 222 valence electrons. The number of cyclic esters (lactones) is 1. The standard InChI is InChI=1S/C32H43FN4O4/c1-21(35)24(29(36-4)37-13-15-40-16-14-37)18-25-28(38)19-32(41-30(25)39,23-7-5-6-8-23)12-11-22-9-10-26(27(33)17-22)31(2,3)20-34/h9-10,17,23,38H,5-8,11-16,18-19,35H2,1-4H3. The van der Waals surface area contributed by atoms with E-state index < -0.39 is 22.8 Å². The van der Waals surface area contributed by atoms with E-state index in [1.165, 1.54) is 6.07 Å². The molecule has 1 saturated carbocycles. The number of nitrogens with two attached hydrogens (primary N) is 1. The average molecular weight is 567 g/mol. The maximum absolute atomic E-state index is 15.0. The number of amidine groups is 1. The van der Waals surface area contributed by atoms with Crippen molar-refractivity contribution in [2.24, 2.45) is 16.6 Å². The first kappa shape index (κ1) is 30.6. The van der Waals surface area contributed by atoms with Gasteiger partial charge in [-0.25, -0.2) is 9.18 Å². The number of halogens is 1. The molecule has 9 heteroatoms. The fourth-order valence-electron chi connectivity index (χ4n) is 6.44. The number of ether oxygens (including phenoxy) is 2. The summed E-state index contributed by atoms with van der Waals surface area (Å²) in [5.41, 5.74) is 7.04. The summed E-state index contributed by atoms with van der Waals surface area (Å²) in [6.45, 7) is 7.65. The zero-order chi connectivity index (χ0) is 29.8. The van der Waals surface area contributed by atoms with Crippen LogP contribution in [0.15, 0.2) is 45.8 Å². The van der Waals surface area contributed by atoms with Crippen molar-refractivity contribution >= 4 is 11.8 Å². The quantitative estimate of drug-likeness (QED) is 0.251. The Morgan fingerprint density at radius 2 is 1.98 bits per heavy atom. The molecule has 0 spiro atoms. The van der Waals surface area contributed by atoms with Gasteiger partial charge in [0, 0.05) is 49.8 Å². The van der Waals surface area contributed by atoms with Crippen LogP contribution in [0, 0.1) is 23.1 Å². The van der Waals surface area contributed by atoms with E-state index >= 15 is 0 Å². The van der Waals surface area contributed by atoms with Crippen LogP contribution in [0.1, 0.15) is 76.8 Å². The summed E-state index contributed by atoms with van der Waals surface area (Å²) >= 11 is 0. The number of carbonyl (C=O) groups is 1. The Kier molecular flexibility index (Phi) is 9.43. The summed E-state index contributed by atoms with van der Waals surface area (Å²) in [5.74, 6) is -0.112. The molecule has 2 aliphatic heterocycles. The largest absolute Gasteiger partial charge is 0.512 e. The fourth-order valence-corrected chi connectivity index (χ4v) is 6.44. The van der Waals surface area contributed by atoms with Gasteiger partial charge in [0.1, 0.15) is 23.0 Å². The molecule has 2 heterocycles. The summed E-state index contributed by atoms with van der Waals surface area (Å²) in [5, 5.41) is 20.8. The lowest BCUT2D eigenvalue weighted by atomic mass is 9.76. The number of esters is 1. The maximum atomic E-state index is 15.0. The van der Waals surface area contributed by atoms with Crippen LogP contribution in [0.5, 0.6) is 0 Å². The van der Waals surface area contributed by atoms with Crippen molar-refractivity contribution in [3.63, 3.8) is 0 Å². The highest BCUT2D eigenvalue weighted by Crippen LogP contribution is 2.46. The minimum Gasteiger partial charge on any atom is -0.512 e. The molecule has 1 atom stereocenters. The highest BCUT2D eigenvalue weighted by Gasteiger charge is 2.48. The van der Waals surface area contributed by atoms with Gasteiger partial charge in [-0.2, -0.15) is 5.26 Å². The summed E-state index contributed by atoms with van der Waals surface area (Å²) in [7, 11) is 1.70. The van der Waals surface area contributed by atoms with Crippen molar-refractivity contribution < 1.29 is 23.8 Å². The minimum atomic E-state index is -0.932. The number of benzene rings is 1. The van der Waals surface area contributed by atoms with E-state index in [1.807, 2.05) is 6.07 Å². The highest BCUT2D eigenvalue weighted by atomic mass is 19.1. The van der Waals surface area contributed by atoms with E-state index in [2.05, 4.69) is 16.0 Å². The van der Waals surface area contributed by atoms with Gasteiger partial charge >= 0.3 is 5.97 Å². The molecule has 0 radical (unpaired) electrons. The number of allylic oxidation sites excluding steroid dienone is 1.